The van der Waals surface area contributed by atoms with Crippen LogP contribution in [0.15, 0.2) is 0 Å². The fourth-order valence-electron chi connectivity index (χ4n) is 0. The van der Waals surface area contributed by atoms with Crippen LogP contribution in [-0.4, -0.2) is 14.7 Å². The van der Waals surface area contributed by atoms with Crippen LogP contribution in [0.2, 0.25) is 0 Å². The Bertz CT molecular complexity index is 96.7. The van der Waals surface area contributed by atoms with Crippen LogP contribution in [0.3, 0.4) is 0 Å². The van der Waals surface area contributed by atoms with Crippen LogP contribution in [0.25, 0.3) is 0 Å². The molecule has 0 amide bonds. The van der Waals surface area contributed by atoms with Gasteiger partial charge in [0.15, 0.2) is 12.1 Å². The van der Waals surface area contributed by atoms with Gasteiger partial charge in [0.1, 0.15) is 0 Å². The van der Waals surface area contributed by atoms with Gasteiger partial charge in [-0.25, -0.2) is 0 Å². The molecule has 0 aliphatic carbocycles. The van der Waals surface area contributed by atoms with Crippen molar-refractivity contribution in [2.24, 2.45) is 0 Å². The zero-order chi connectivity index (χ0) is 6.99. The molecule has 0 fully saturated rings. The summed E-state index contributed by atoms with van der Waals surface area (Å²) in [5, 5.41) is 14.5. The third-order valence-electron chi connectivity index (χ3n) is 0.0500. The smallest absolute Gasteiger partial charge is 0.324 e. The molecule has 3 N–H and O–H groups in total. The molecule has 0 aromatic carbocycles. The SMILES string of the molecule is N#CC#N.OP(O)O. The Hall–Kier alpha value is -0.710. The van der Waals surface area contributed by atoms with Crippen LogP contribution in [0.4, 0.5) is 0 Å². The average molecular weight is 134 g/mol. The molecule has 8 heavy (non-hydrogen) atoms. The highest BCUT2D eigenvalue weighted by atomic mass is 31.2. The predicted octanol–water partition coefficient (Wildman–Crippen LogP) is -0.776. The summed E-state index contributed by atoms with van der Waals surface area (Å²) in [7, 11) is -2.62. The monoisotopic (exact) mass is 134 g/mol. The summed E-state index contributed by atoms with van der Waals surface area (Å²) < 4.78 is 0. The van der Waals surface area contributed by atoms with Gasteiger partial charge in [-0.3, -0.25) is 0 Å². The zero-order valence-corrected chi connectivity index (χ0v) is 4.58. The molecule has 0 saturated carbocycles. The lowest BCUT2D eigenvalue weighted by Crippen LogP contribution is -1.54. The van der Waals surface area contributed by atoms with Crippen molar-refractivity contribution in [3.05, 3.63) is 0 Å². The van der Waals surface area contributed by atoms with Gasteiger partial charge in [-0.1, -0.05) is 0 Å². The fraction of sp³-hybridized carbons (Fsp3) is 0. The minimum atomic E-state index is -2.62. The number of nitrogens with zero attached hydrogens (tertiary/aromatic N) is 2. The first-order chi connectivity index (χ1) is 3.65. The number of nitriles is 2. The van der Waals surface area contributed by atoms with Crippen molar-refractivity contribution in [1.82, 2.24) is 0 Å². The summed E-state index contributed by atoms with van der Waals surface area (Å²) in [5.41, 5.74) is 0. The Morgan fingerprint density at radius 3 is 1.12 bits per heavy atom. The Balaban J connectivity index is 0. The van der Waals surface area contributed by atoms with Crippen LogP contribution in [0.1, 0.15) is 0 Å². The van der Waals surface area contributed by atoms with Gasteiger partial charge in [0.05, 0.1) is 0 Å². The van der Waals surface area contributed by atoms with Crippen molar-refractivity contribution in [3.63, 3.8) is 0 Å². The summed E-state index contributed by atoms with van der Waals surface area (Å²) in [5.74, 6) is 0. The van der Waals surface area contributed by atoms with Gasteiger partial charge in [0.2, 0.25) is 0 Å². The molecule has 0 bridgehead atoms. The quantitative estimate of drug-likeness (QED) is 0.376. The second-order valence-electron chi connectivity index (χ2n) is 0.492. The highest BCUT2D eigenvalue weighted by Gasteiger charge is 1.76. The summed E-state index contributed by atoms with van der Waals surface area (Å²) >= 11 is 0. The molecule has 0 aliphatic rings. The van der Waals surface area contributed by atoms with Crippen molar-refractivity contribution in [2.75, 3.05) is 0 Å². The third kappa shape index (κ3) is 1160. The van der Waals surface area contributed by atoms with Gasteiger partial charge in [0.25, 0.3) is 0 Å². The highest BCUT2D eigenvalue weighted by Crippen LogP contribution is 2.11. The molecule has 0 aromatic heterocycles. The predicted molar refractivity (Wildman–Crippen MR) is 24.8 cm³/mol. The minimum absolute atomic E-state index is 1.24. The largest absolute Gasteiger partial charge is 0.328 e. The number of hydrogen-bond acceptors (Lipinski definition) is 5. The van der Waals surface area contributed by atoms with E-state index in [0.29, 0.717) is 0 Å². The lowest BCUT2D eigenvalue weighted by molar-refractivity contribution is 0.368. The van der Waals surface area contributed by atoms with Crippen molar-refractivity contribution in [3.8, 4) is 12.1 Å². The average Bonchev–Trinajstić information content (AvgIpc) is 1.65. The molecular formula is C2H3N2O3P. The molecule has 0 heterocycles. The van der Waals surface area contributed by atoms with Gasteiger partial charge in [0, 0.05) is 0 Å². The van der Waals surface area contributed by atoms with E-state index in [-0.39, 0.29) is 0 Å². The molecule has 0 unspecified atom stereocenters. The molecule has 5 nitrogen and oxygen atoms in total. The number of rotatable bonds is 0. The second kappa shape index (κ2) is 9.56. The molecule has 0 rings (SSSR count). The van der Waals surface area contributed by atoms with Gasteiger partial charge in [-0.2, -0.15) is 10.5 Å². The van der Waals surface area contributed by atoms with E-state index in [1.807, 2.05) is 0 Å². The summed E-state index contributed by atoms with van der Waals surface area (Å²) in [6.45, 7) is 0. The van der Waals surface area contributed by atoms with Crippen LogP contribution in [-0.2, 0) is 0 Å². The van der Waals surface area contributed by atoms with Crippen LogP contribution < -0.4 is 0 Å². The van der Waals surface area contributed by atoms with Gasteiger partial charge in [-0.05, 0) is 0 Å². The molecular weight excluding hydrogens is 131 g/mol. The standard InChI is InChI=1S/C2N2.H3O3P/c3-1-2-4;1-4(2)3/h;1-3H. The van der Waals surface area contributed by atoms with Crippen molar-refractivity contribution >= 4 is 8.60 Å². The maximum Gasteiger partial charge on any atom is 0.324 e. The molecule has 0 radical (unpaired) electrons. The molecule has 6 heteroatoms. The Labute approximate surface area is 47.0 Å². The molecule has 44 valence electrons. The van der Waals surface area contributed by atoms with E-state index in [4.69, 9.17) is 25.2 Å². The molecule has 0 atom stereocenters. The maximum absolute atomic E-state index is 7.26. The molecule has 0 spiro atoms. The van der Waals surface area contributed by atoms with Crippen molar-refractivity contribution in [1.29, 1.82) is 10.5 Å². The summed E-state index contributed by atoms with van der Waals surface area (Å²) in [4.78, 5) is 21.7. The Kier molecular flexibility index (Phi) is 12.3. The lowest BCUT2D eigenvalue weighted by atomic mass is 10.9. The minimum Gasteiger partial charge on any atom is -0.328 e. The van der Waals surface area contributed by atoms with Crippen LogP contribution in [0, 0.1) is 22.7 Å². The number of hydrogen-bond donors (Lipinski definition) is 3. The first kappa shape index (κ1) is 10.3. The van der Waals surface area contributed by atoms with Gasteiger partial charge >= 0.3 is 8.60 Å². The molecule has 0 aliphatic heterocycles. The van der Waals surface area contributed by atoms with E-state index in [2.05, 4.69) is 0 Å². The van der Waals surface area contributed by atoms with Crippen LogP contribution >= 0.6 is 8.60 Å². The normalized spacial score (nSPS) is 5.75. The van der Waals surface area contributed by atoms with Crippen molar-refractivity contribution < 1.29 is 14.7 Å². The Morgan fingerprint density at radius 2 is 1.12 bits per heavy atom. The van der Waals surface area contributed by atoms with Crippen LogP contribution in [0.5, 0.6) is 0 Å². The van der Waals surface area contributed by atoms with E-state index in [0.717, 1.165) is 0 Å². The Morgan fingerprint density at radius 1 is 1.00 bits per heavy atom. The lowest BCUT2D eigenvalue weighted by Gasteiger charge is -1.76. The summed E-state index contributed by atoms with van der Waals surface area (Å²) in [6, 6.07) is 2.47. The first-order valence-corrected chi connectivity index (χ1v) is 2.50. The van der Waals surface area contributed by atoms with Gasteiger partial charge in [-0.15, -0.1) is 0 Å². The maximum atomic E-state index is 7.26. The molecule has 0 saturated heterocycles. The van der Waals surface area contributed by atoms with Crippen molar-refractivity contribution in [2.45, 2.75) is 0 Å². The third-order valence-corrected chi connectivity index (χ3v) is 0.0500. The fourth-order valence-corrected chi connectivity index (χ4v) is 0. The van der Waals surface area contributed by atoms with E-state index in [1.54, 1.807) is 0 Å². The second-order valence-corrected chi connectivity index (χ2v) is 1.03. The zero-order valence-electron chi connectivity index (χ0n) is 3.68. The molecule has 0 aromatic rings. The van der Waals surface area contributed by atoms with E-state index < -0.39 is 8.60 Å². The van der Waals surface area contributed by atoms with Gasteiger partial charge < -0.3 is 14.7 Å². The van der Waals surface area contributed by atoms with E-state index in [1.165, 1.54) is 12.1 Å². The highest BCUT2D eigenvalue weighted by molar-refractivity contribution is 7.38. The first-order valence-electron chi connectivity index (χ1n) is 1.30. The topological polar surface area (TPSA) is 108 Å². The van der Waals surface area contributed by atoms with E-state index in [9.17, 15) is 0 Å². The summed E-state index contributed by atoms with van der Waals surface area (Å²) in [6.07, 6.45) is 0. The van der Waals surface area contributed by atoms with E-state index >= 15 is 0 Å².